The minimum absolute atomic E-state index is 0.142. The van der Waals surface area contributed by atoms with Gasteiger partial charge in [0.05, 0.1) is 22.1 Å². The van der Waals surface area contributed by atoms with E-state index in [4.69, 9.17) is 14.6 Å². The average Bonchev–Trinajstić information content (AvgIpc) is 3.04. The first-order valence-corrected chi connectivity index (χ1v) is 11.5. The number of methoxy groups -OCH3 is 1. The van der Waals surface area contributed by atoms with Crippen LogP contribution in [0.3, 0.4) is 0 Å². The number of carboxylic acids is 1. The van der Waals surface area contributed by atoms with Crippen LogP contribution in [0.15, 0.2) is 45.8 Å². The third-order valence-corrected chi connectivity index (χ3v) is 6.43. The molecule has 1 heterocycles. The number of benzene rings is 2. The van der Waals surface area contributed by atoms with Crippen LogP contribution in [0.1, 0.15) is 41.8 Å². The summed E-state index contributed by atoms with van der Waals surface area (Å²) in [4.78, 5) is 37.7. The van der Waals surface area contributed by atoms with Gasteiger partial charge < -0.3 is 14.6 Å². The molecule has 1 N–H and O–H groups in total. The van der Waals surface area contributed by atoms with Crippen molar-refractivity contribution in [1.29, 1.82) is 0 Å². The van der Waals surface area contributed by atoms with Crippen LogP contribution in [0.5, 0.6) is 11.5 Å². The van der Waals surface area contributed by atoms with Crippen LogP contribution >= 0.6 is 27.7 Å². The summed E-state index contributed by atoms with van der Waals surface area (Å²) in [6.07, 6.45) is 2.34. The molecule has 0 aromatic heterocycles. The Labute approximate surface area is 198 Å². The number of halogens is 1. The Morgan fingerprint density at radius 1 is 1.28 bits per heavy atom. The zero-order valence-electron chi connectivity index (χ0n) is 17.8. The molecule has 1 aliphatic rings. The Hall–Kier alpha value is -2.78. The van der Waals surface area contributed by atoms with Gasteiger partial charge in [-0.1, -0.05) is 19.1 Å². The van der Waals surface area contributed by atoms with Crippen LogP contribution in [0.4, 0.5) is 4.79 Å². The molecule has 3 rings (SSSR count). The third-order valence-electron chi connectivity index (χ3n) is 4.96. The van der Waals surface area contributed by atoms with Gasteiger partial charge in [0.15, 0.2) is 11.5 Å². The quantitative estimate of drug-likeness (QED) is 0.455. The molecule has 7 nitrogen and oxygen atoms in total. The Morgan fingerprint density at radius 2 is 2.03 bits per heavy atom. The maximum absolute atomic E-state index is 12.7. The van der Waals surface area contributed by atoms with E-state index in [9.17, 15) is 14.4 Å². The van der Waals surface area contributed by atoms with Gasteiger partial charge in [-0.2, -0.15) is 0 Å². The van der Waals surface area contributed by atoms with Crippen molar-refractivity contribution >= 4 is 50.9 Å². The molecule has 168 valence electrons. The number of aromatic carboxylic acids is 1. The molecule has 0 radical (unpaired) electrons. The molecule has 0 aliphatic carbocycles. The van der Waals surface area contributed by atoms with Gasteiger partial charge in [0.1, 0.15) is 6.61 Å². The highest BCUT2D eigenvalue weighted by Crippen LogP contribution is 2.40. The summed E-state index contributed by atoms with van der Waals surface area (Å²) in [6.45, 7) is 3.91. The van der Waals surface area contributed by atoms with E-state index >= 15 is 0 Å². The molecule has 0 saturated carbocycles. The fourth-order valence-corrected chi connectivity index (χ4v) is 4.61. The van der Waals surface area contributed by atoms with Gasteiger partial charge >= 0.3 is 5.97 Å². The summed E-state index contributed by atoms with van der Waals surface area (Å²) in [5, 5.41) is 8.87. The van der Waals surface area contributed by atoms with Crippen molar-refractivity contribution < 1.29 is 29.0 Å². The third kappa shape index (κ3) is 5.16. The summed E-state index contributed by atoms with van der Waals surface area (Å²) >= 11 is 4.39. The number of imide groups is 1. The lowest BCUT2D eigenvalue weighted by molar-refractivity contribution is -0.124. The number of hydrogen-bond donors (Lipinski definition) is 1. The standard InChI is InChI=1S/C23H22BrNO6S/c1-4-13(2)25-21(26)19(32-23(25)29)11-15-9-17(24)20(18(10-15)30-3)31-12-14-6-5-7-16(8-14)22(27)28/h5-11,13H,4,12H2,1-3H3,(H,27,28)/b19-11+/t13-/m0/s1. The molecule has 2 amide bonds. The predicted molar refractivity (Wildman–Crippen MR) is 126 cm³/mol. The van der Waals surface area contributed by atoms with E-state index < -0.39 is 5.97 Å². The molecule has 9 heteroatoms. The van der Waals surface area contributed by atoms with Gasteiger partial charge in [-0.25, -0.2) is 4.79 Å². The molecule has 1 aliphatic heterocycles. The van der Waals surface area contributed by atoms with Crippen molar-refractivity contribution in [3.05, 3.63) is 62.5 Å². The number of carbonyl (C=O) groups excluding carboxylic acids is 2. The fraction of sp³-hybridized carbons (Fsp3) is 0.261. The minimum Gasteiger partial charge on any atom is -0.493 e. The monoisotopic (exact) mass is 519 g/mol. The highest BCUT2D eigenvalue weighted by Gasteiger charge is 2.37. The van der Waals surface area contributed by atoms with E-state index in [0.717, 1.165) is 11.8 Å². The zero-order valence-corrected chi connectivity index (χ0v) is 20.2. The Morgan fingerprint density at radius 3 is 2.69 bits per heavy atom. The predicted octanol–water partition coefficient (Wildman–Crippen LogP) is 5.57. The van der Waals surface area contributed by atoms with E-state index in [0.29, 0.717) is 38.4 Å². The fourth-order valence-electron chi connectivity index (χ4n) is 3.11. The largest absolute Gasteiger partial charge is 0.493 e. The number of rotatable bonds is 8. The molecule has 1 atom stereocenters. The molecule has 2 aromatic carbocycles. The second-order valence-electron chi connectivity index (χ2n) is 7.14. The SMILES string of the molecule is CC[C@H](C)N1C(=O)S/C(=C/c2cc(Br)c(OCc3cccc(C(=O)O)c3)c(OC)c2)C1=O. The normalized spacial score (nSPS) is 15.9. The van der Waals surface area contributed by atoms with Gasteiger partial charge in [0, 0.05) is 6.04 Å². The number of hydrogen-bond acceptors (Lipinski definition) is 6. The van der Waals surface area contributed by atoms with Gasteiger partial charge in [-0.3, -0.25) is 14.5 Å². The van der Waals surface area contributed by atoms with E-state index in [1.54, 1.807) is 36.4 Å². The highest BCUT2D eigenvalue weighted by atomic mass is 79.9. The van der Waals surface area contributed by atoms with E-state index in [1.807, 2.05) is 13.8 Å². The maximum atomic E-state index is 12.7. The van der Waals surface area contributed by atoms with Crippen molar-refractivity contribution in [3.8, 4) is 11.5 Å². The second-order valence-corrected chi connectivity index (χ2v) is 8.98. The van der Waals surface area contributed by atoms with Crippen LogP contribution in [0.2, 0.25) is 0 Å². The first-order valence-electron chi connectivity index (χ1n) is 9.84. The second kappa shape index (κ2) is 10.2. The van der Waals surface area contributed by atoms with Crippen LogP contribution in [0, 0.1) is 0 Å². The molecule has 0 spiro atoms. The van der Waals surface area contributed by atoms with Crippen LogP contribution in [-0.2, 0) is 11.4 Å². The number of carbonyl (C=O) groups is 3. The Bertz CT molecular complexity index is 1100. The van der Waals surface area contributed by atoms with Gasteiger partial charge in [-0.15, -0.1) is 0 Å². The first-order chi connectivity index (χ1) is 15.2. The number of nitrogens with zero attached hydrogens (tertiary/aromatic N) is 1. The molecule has 1 saturated heterocycles. The van der Waals surface area contributed by atoms with Crippen molar-refractivity contribution in [2.24, 2.45) is 0 Å². The molecule has 2 aromatic rings. The smallest absolute Gasteiger partial charge is 0.335 e. The molecular formula is C23H22BrNO6S. The number of amides is 2. The van der Waals surface area contributed by atoms with Crippen molar-refractivity contribution in [1.82, 2.24) is 4.90 Å². The highest BCUT2D eigenvalue weighted by molar-refractivity contribution is 9.10. The number of carboxylic acid groups (broad SMARTS) is 1. The number of thioether (sulfide) groups is 1. The minimum atomic E-state index is -1.01. The van der Waals surface area contributed by atoms with E-state index in [2.05, 4.69) is 15.9 Å². The van der Waals surface area contributed by atoms with Crippen molar-refractivity contribution in [3.63, 3.8) is 0 Å². The van der Waals surface area contributed by atoms with Crippen molar-refractivity contribution in [2.45, 2.75) is 32.9 Å². The molecule has 1 fully saturated rings. The van der Waals surface area contributed by atoms with Gasteiger partial charge in [0.25, 0.3) is 11.1 Å². The first kappa shape index (κ1) is 23.9. The summed E-state index contributed by atoms with van der Waals surface area (Å²) in [5.74, 6) is -0.435. The zero-order chi connectivity index (χ0) is 23.4. The van der Waals surface area contributed by atoms with Gasteiger partial charge in [0.2, 0.25) is 0 Å². The van der Waals surface area contributed by atoms with Crippen LogP contribution in [0.25, 0.3) is 6.08 Å². The number of ether oxygens (including phenoxy) is 2. The summed E-state index contributed by atoms with van der Waals surface area (Å²) in [7, 11) is 1.50. The summed E-state index contributed by atoms with van der Waals surface area (Å²) in [5.41, 5.74) is 1.55. The molecule has 32 heavy (non-hydrogen) atoms. The van der Waals surface area contributed by atoms with Crippen LogP contribution < -0.4 is 9.47 Å². The lowest BCUT2D eigenvalue weighted by atomic mass is 10.1. The van der Waals surface area contributed by atoms with E-state index in [1.165, 1.54) is 18.1 Å². The topological polar surface area (TPSA) is 93.1 Å². The molecular weight excluding hydrogens is 498 g/mol. The molecule has 0 unspecified atom stereocenters. The lowest BCUT2D eigenvalue weighted by Gasteiger charge is -2.19. The summed E-state index contributed by atoms with van der Waals surface area (Å²) < 4.78 is 11.9. The van der Waals surface area contributed by atoms with Crippen LogP contribution in [-0.4, -0.2) is 40.3 Å². The van der Waals surface area contributed by atoms with E-state index in [-0.39, 0.29) is 29.4 Å². The average molecular weight is 520 g/mol. The lowest BCUT2D eigenvalue weighted by Crippen LogP contribution is -2.36. The Balaban J connectivity index is 1.83. The Kier molecular flexibility index (Phi) is 7.63. The summed E-state index contributed by atoms with van der Waals surface area (Å²) in [6, 6.07) is 9.81. The van der Waals surface area contributed by atoms with Gasteiger partial charge in [-0.05, 0) is 82.5 Å². The van der Waals surface area contributed by atoms with Crippen molar-refractivity contribution in [2.75, 3.05) is 7.11 Å². The maximum Gasteiger partial charge on any atom is 0.335 e. The molecule has 0 bridgehead atoms.